The van der Waals surface area contributed by atoms with E-state index in [1.165, 1.54) is 4.90 Å². The van der Waals surface area contributed by atoms with Crippen molar-refractivity contribution in [3.63, 3.8) is 0 Å². The van der Waals surface area contributed by atoms with Gasteiger partial charge >= 0.3 is 0 Å². The molecule has 25 heavy (non-hydrogen) atoms. The second kappa shape index (κ2) is 8.37. The number of piperazine rings is 1. The van der Waals surface area contributed by atoms with Gasteiger partial charge in [-0.3, -0.25) is 4.79 Å². The van der Waals surface area contributed by atoms with Crippen LogP contribution in [0.25, 0.3) is 0 Å². The molecule has 2 aromatic carbocycles. The van der Waals surface area contributed by atoms with Crippen molar-refractivity contribution in [3.8, 4) is 0 Å². The van der Waals surface area contributed by atoms with Crippen molar-refractivity contribution in [1.29, 1.82) is 0 Å². The highest BCUT2D eigenvalue weighted by atomic mass is 35.5. The van der Waals surface area contributed by atoms with E-state index in [1.54, 1.807) is 0 Å². The molecule has 1 heterocycles. The van der Waals surface area contributed by atoms with E-state index in [0.717, 1.165) is 42.5 Å². The molecule has 1 aliphatic rings. The van der Waals surface area contributed by atoms with E-state index in [0.29, 0.717) is 6.54 Å². The number of anilines is 1. The van der Waals surface area contributed by atoms with Crippen LogP contribution in [0.4, 0.5) is 5.69 Å². The van der Waals surface area contributed by atoms with Gasteiger partial charge in [0.25, 0.3) is 5.91 Å². The molecule has 3 rings (SSSR count). The molecular formula is C20H25ClN3O+. The third kappa shape index (κ3) is 4.74. The predicted molar refractivity (Wildman–Crippen MR) is 102 cm³/mol. The highest BCUT2D eigenvalue weighted by Gasteiger charge is 2.29. The highest BCUT2D eigenvalue weighted by Crippen LogP contribution is 2.19. The van der Waals surface area contributed by atoms with E-state index in [1.807, 2.05) is 55.5 Å². The summed E-state index contributed by atoms with van der Waals surface area (Å²) in [7, 11) is 0. The summed E-state index contributed by atoms with van der Waals surface area (Å²) in [5.74, 6) is 0.120. The lowest BCUT2D eigenvalue weighted by molar-refractivity contribution is -0.914. The van der Waals surface area contributed by atoms with Crippen LogP contribution in [-0.4, -0.2) is 38.1 Å². The summed E-state index contributed by atoms with van der Waals surface area (Å²) >= 11 is 6.09. The lowest BCUT2D eigenvalue weighted by Gasteiger charge is -2.36. The number of nitrogens with one attached hydrogen (secondary N) is 2. The van der Waals surface area contributed by atoms with Crippen LogP contribution in [0.5, 0.6) is 0 Å². The number of quaternary nitrogens is 1. The van der Waals surface area contributed by atoms with Gasteiger partial charge in [0, 0.05) is 17.3 Å². The van der Waals surface area contributed by atoms with E-state index in [-0.39, 0.29) is 11.9 Å². The maximum atomic E-state index is 12.4. The lowest BCUT2D eigenvalue weighted by Crippen LogP contribution is -3.19. The largest absolute Gasteiger partial charge is 0.360 e. The quantitative estimate of drug-likeness (QED) is 0.854. The topological polar surface area (TPSA) is 36.8 Å². The molecule has 0 bridgehead atoms. The maximum Gasteiger partial charge on any atom is 0.278 e. The summed E-state index contributed by atoms with van der Waals surface area (Å²) in [4.78, 5) is 16.1. The number of carbonyl (C=O) groups is 1. The molecule has 0 aliphatic carbocycles. The molecule has 4 nitrogen and oxygen atoms in total. The summed E-state index contributed by atoms with van der Waals surface area (Å²) in [6.07, 6.45) is 0. The van der Waals surface area contributed by atoms with E-state index >= 15 is 0 Å². The van der Waals surface area contributed by atoms with Gasteiger partial charge in [-0.25, -0.2) is 0 Å². The number of hydrogen-bond acceptors (Lipinski definition) is 2. The van der Waals surface area contributed by atoms with Crippen molar-refractivity contribution in [2.45, 2.75) is 19.5 Å². The molecular weight excluding hydrogens is 334 g/mol. The first kappa shape index (κ1) is 17.8. The SMILES string of the molecule is C[C@H](C(=O)NCc1ccccc1)[NH+]1CCN(c2cccc(Cl)c2)CC1. The van der Waals surface area contributed by atoms with Gasteiger partial charge in [0.15, 0.2) is 6.04 Å². The summed E-state index contributed by atoms with van der Waals surface area (Å²) in [6.45, 7) is 6.38. The molecule has 1 atom stereocenters. The van der Waals surface area contributed by atoms with Crippen molar-refractivity contribution in [3.05, 3.63) is 65.2 Å². The summed E-state index contributed by atoms with van der Waals surface area (Å²) in [5, 5.41) is 3.82. The van der Waals surface area contributed by atoms with Crippen molar-refractivity contribution in [2.75, 3.05) is 31.1 Å². The Morgan fingerprint density at radius 2 is 1.88 bits per heavy atom. The first-order chi connectivity index (χ1) is 12.1. The highest BCUT2D eigenvalue weighted by molar-refractivity contribution is 6.30. The summed E-state index contributed by atoms with van der Waals surface area (Å²) < 4.78 is 0. The lowest BCUT2D eigenvalue weighted by atomic mass is 10.2. The fraction of sp³-hybridized carbons (Fsp3) is 0.350. The van der Waals surface area contributed by atoms with Crippen LogP contribution in [0.15, 0.2) is 54.6 Å². The number of rotatable bonds is 5. The zero-order chi connectivity index (χ0) is 17.6. The molecule has 0 saturated carbocycles. The van der Waals surface area contributed by atoms with Gasteiger partial charge in [0.2, 0.25) is 0 Å². The Hall–Kier alpha value is -2.04. The van der Waals surface area contributed by atoms with Crippen molar-refractivity contribution < 1.29 is 9.69 Å². The summed E-state index contributed by atoms with van der Waals surface area (Å²) in [5.41, 5.74) is 2.29. The van der Waals surface area contributed by atoms with Gasteiger partial charge in [-0.05, 0) is 30.7 Å². The van der Waals surface area contributed by atoms with Gasteiger partial charge in [-0.15, -0.1) is 0 Å². The predicted octanol–water partition coefficient (Wildman–Crippen LogP) is 1.75. The second-order valence-corrected chi connectivity index (χ2v) is 6.99. The Balaban J connectivity index is 1.49. The average molecular weight is 359 g/mol. The number of nitrogens with zero attached hydrogens (tertiary/aromatic N) is 1. The zero-order valence-electron chi connectivity index (χ0n) is 14.5. The Labute approximate surface area is 154 Å². The van der Waals surface area contributed by atoms with E-state index < -0.39 is 0 Å². The normalized spacial score (nSPS) is 16.5. The average Bonchev–Trinajstić information content (AvgIpc) is 2.66. The van der Waals surface area contributed by atoms with E-state index in [4.69, 9.17) is 11.6 Å². The van der Waals surface area contributed by atoms with Crippen LogP contribution in [0.1, 0.15) is 12.5 Å². The molecule has 2 aromatic rings. The fourth-order valence-corrected chi connectivity index (χ4v) is 3.47. The van der Waals surface area contributed by atoms with E-state index in [9.17, 15) is 4.79 Å². The van der Waals surface area contributed by atoms with Gasteiger partial charge < -0.3 is 15.1 Å². The molecule has 0 unspecified atom stereocenters. The first-order valence-electron chi connectivity index (χ1n) is 8.80. The van der Waals surface area contributed by atoms with E-state index in [2.05, 4.69) is 16.3 Å². The number of carbonyl (C=O) groups excluding carboxylic acids is 1. The fourth-order valence-electron chi connectivity index (χ4n) is 3.28. The van der Waals surface area contributed by atoms with Gasteiger partial charge in [-0.1, -0.05) is 48.0 Å². The standard InChI is InChI=1S/C20H24ClN3O/c1-16(20(25)22-15-17-6-3-2-4-7-17)23-10-12-24(13-11-23)19-9-5-8-18(21)14-19/h2-9,14,16H,10-13,15H2,1H3,(H,22,25)/p+1/t16-/m1/s1. The molecule has 1 aliphatic heterocycles. The van der Waals surface area contributed by atoms with Crippen LogP contribution in [-0.2, 0) is 11.3 Å². The number of amides is 1. The Bertz CT molecular complexity index is 699. The minimum Gasteiger partial charge on any atom is -0.360 e. The molecule has 0 radical (unpaired) electrons. The van der Waals surface area contributed by atoms with Gasteiger partial charge in [-0.2, -0.15) is 0 Å². The molecule has 132 valence electrons. The van der Waals surface area contributed by atoms with Crippen LogP contribution in [0.3, 0.4) is 0 Å². The van der Waals surface area contributed by atoms with Crippen LogP contribution in [0.2, 0.25) is 5.02 Å². The van der Waals surface area contributed by atoms with Crippen molar-refractivity contribution >= 4 is 23.2 Å². The second-order valence-electron chi connectivity index (χ2n) is 6.55. The van der Waals surface area contributed by atoms with Gasteiger partial charge in [0.05, 0.1) is 26.2 Å². The molecule has 0 aromatic heterocycles. The number of halogens is 1. The molecule has 0 spiro atoms. The van der Waals surface area contributed by atoms with Crippen LogP contribution < -0.4 is 15.1 Å². The smallest absolute Gasteiger partial charge is 0.278 e. The Morgan fingerprint density at radius 1 is 1.16 bits per heavy atom. The maximum absolute atomic E-state index is 12.4. The molecule has 1 fully saturated rings. The third-order valence-corrected chi connectivity index (χ3v) is 5.13. The monoisotopic (exact) mass is 358 g/mol. The zero-order valence-corrected chi connectivity index (χ0v) is 15.3. The third-order valence-electron chi connectivity index (χ3n) is 4.89. The molecule has 1 amide bonds. The molecule has 1 saturated heterocycles. The Morgan fingerprint density at radius 3 is 2.56 bits per heavy atom. The van der Waals surface area contributed by atoms with Crippen molar-refractivity contribution in [2.24, 2.45) is 0 Å². The minimum absolute atomic E-state index is 0.0368. The van der Waals surface area contributed by atoms with Crippen LogP contribution in [0, 0.1) is 0 Å². The number of hydrogen-bond donors (Lipinski definition) is 2. The van der Waals surface area contributed by atoms with Crippen LogP contribution >= 0.6 is 11.6 Å². The van der Waals surface area contributed by atoms with Gasteiger partial charge in [0.1, 0.15) is 0 Å². The minimum atomic E-state index is -0.0368. The Kier molecular flexibility index (Phi) is 5.95. The number of benzene rings is 2. The molecule has 5 heteroatoms. The summed E-state index contributed by atoms with van der Waals surface area (Å²) in [6, 6.07) is 18.0. The van der Waals surface area contributed by atoms with Crippen molar-refractivity contribution in [1.82, 2.24) is 5.32 Å². The first-order valence-corrected chi connectivity index (χ1v) is 9.18. The molecule has 2 N–H and O–H groups in total.